The second kappa shape index (κ2) is 9.85. The Bertz CT molecular complexity index is 963. The third-order valence-electron chi connectivity index (χ3n) is 6.00. The van der Waals surface area contributed by atoms with Gasteiger partial charge in [0.05, 0.1) is 18.8 Å². The normalized spacial score (nSPS) is 21.6. The zero-order valence-electron chi connectivity index (χ0n) is 18.0. The van der Waals surface area contributed by atoms with Crippen LogP contribution in [0.25, 0.3) is 0 Å². The maximum Gasteiger partial charge on any atom is 0.341 e. The highest BCUT2D eigenvalue weighted by Crippen LogP contribution is 2.26. The molecule has 4 rings (SSSR count). The van der Waals surface area contributed by atoms with Crippen LogP contribution in [0.1, 0.15) is 27.6 Å². The summed E-state index contributed by atoms with van der Waals surface area (Å²) < 4.78 is 5.15. The fraction of sp³-hybridized carbons (Fsp3) is 0.435. The summed E-state index contributed by atoms with van der Waals surface area (Å²) in [5, 5.41) is 11.4. The molecular formula is C23H27ClN4O4. The fourth-order valence-electron chi connectivity index (χ4n) is 4.35. The number of pyridine rings is 1. The van der Waals surface area contributed by atoms with Crippen LogP contribution in [0.2, 0.25) is 5.02 Å². The van der Waals surface area contributed by atoms with E-state index in [0.717, 1.165) is 0 Å². The first-order valence-electron chi connectivity index (χ1n) is 10.8. The number of anilines is 1. The third kappa shape index (κ3) is 4.72. The van der Waals surface area contributed by atoms with E-state index in [1.807, 2.05) is 9.80 Å². The van der Waals surface area contributed by atoms with Crippen LogP contribution < -0.4 is 4.90 Å². The molecule has 9 heteroatoms. The summed E-state index contributed by atoms with van der Waals surface area (Å²) >= 11 is 5.92. The highest BCUT2D eigenvalue weighted by Gasteiger charge is 2.39. The average Bonchev–Trinajstić information content (AvgIpc) is 3.21. The molecule has 2 aromatic rings. The standard InChI is InChI=1S/C23H27ClN4O4/c1-2-32-23(31)18-4-3-9-25-21(18)28-14-19(20(29)15-28)26-10-12-27(13-11-26)22(30)16-5-7-17(24)8-6-16/h3-9,19-20,29H,2,10-15H2,1H3. The number of halogens is 1. The van der Waals surface area contributed by atoms with Crippen LogP contribution in [0.5, 0.6) is 0 Å². The molecule has 3 heterocycles. The molecule has 1 N–H and O–H groups in total. The van der Waals surface area contributed by atoms with Gasteiger partial charge in [0, 0.05) is 56.1 Å². The number of aliphatic hydroxyl groups is 1. The van der Waals surface area contributed by atoms with E-state index in [0.29, 0.717) is 61.2 Å². The van der Waals surface area contributed by atoms with E-state index in [1.54, 1.807) is 49.5 Å². The maximum absolute atomic E-state index is 12.7. The lowest BCUT2D eigenvalue weighted by Crippen LogP contribution is -2.54. The van der Waals surface area contributed by atoms with Crippen molar-refractivity contribution in [1.29, 1.82) is 0 Å². The number of carbonyl (C=O) groups is 2. The minimum absolute atomic E-state index is 0.0116. The number of ether oxygens (including phenoxy) is 1. The molecular weight excluding hydrogens is 432 g/mol. The smallest absolute Gasteiger partial charge is 0.341 e. The van der Waals surface area contributed by atoms with Gasteiger partial charge in [-0.05, 0) is 43.3 Å². The Kier molecular flexibility index (Phi) is 6.93. The Morgan fingerprint density at radius 2 is 1.84 bits per heavy atom. The van der Waals surface area contributed by atoms with Crippen LogP contribution in [0.3, 0.4) is 0 Å². The van der Waals surface area contributed by atoms with Gasteiger partial charge in [0.1, 0.15) is 11.4 Å². The number of aromatic nitrogens is 1. The van der Waals surface area contributed by atoms with Crippen LogP contribution in [0.4, 0.5) is 5.82 Å². The van der Waals surface area contributed by atoms with E-state index < -0.39 is 12.1 Å². The van der Waals surface area contributed by atoms with E-state index in [-0.39, 0.29) is 18.6 Å². The van der Waals surface area contributed by atoms with Gasteiger partial charge in [0.2, 0.25) is 0 Å². The first kappa shape index (κ1) is 22.5. The predicted molar refractivity (Wildman–Crippen MR) is 121 cm³/mol. The van der Waals surface area contributed by atoms with Gasteiger partial charge in [0.15, 0.2) is 0 Å². The number of hydrogen-bond donors (Lipinski definition) is 1. The largest absolute Gasteiger partial charge is 0.462 e. The van der Waals surface area contributed by atoms with Crippen molar-refractivity contribution in [3.05, 3.63) is 58.7 Å². The zero-order valence-corrected chi connectivity index (χ0v) is 18.7. The molecule has 2 aliphatic rings. The van der Waals surface area contributed by atoms with Crippen molar-refractivity contribution >= 4 is 29.3 Å². The molecule has 1 aromatic carbocycles. The van der Waals surface area contributed by atoms with E-state index in [1.165, 1.54) is 0 Å². The van der Waals surface area contributed by atoms with Crippen LogP contribution in [0.15, 0.2) is 42.6 Å². The molecule has 32 heavy (non-hydrogen) atoms. The number of amides is 1. The van der Waals surface area contributed by atoms with Gasteiger partial charge in [0.25, 0.3) is 5.91 Å². The summed E-state index contributed by atoms with van der Waals surface area (Å²) in [4.78, 5) is 35.4. The Hall–Kier alpha value is -2.68. The number of esters is 1. The van der Waals surface area contributed by atoms with Crippen molar-refractivity contribution in [1.82, 2.24) is 14.8 Å². The molecule has 170 valence electrons. The van der Waals surface area contributed by atoms with Crippen LogP contribution in [-0.2, 0) is 4.74 Å². The van der Waals surface area contributed by atoms with Gasteiger partial charge >= 0.3 is 5.97 Å². The Balaban J connectivity index is 1.39. The average molecular weight is 459 g/mol. The van der Waals surface area contributed by atoms with E-state index in [4.69, 9.17) is 16.3 Å². The van der Waals surface area contributed by atoms with Gasteiger partial charge in [-0.1, -0.05) is 11.6 Å². The number of piperazine rings is 1. The number of hydrogen-bond acceptors (Lipinski definition) is 7. The van der Waals surface area contributed by atoms with Gasteiger partial charge in [-0.15, -0.1) is 0 Å². The molecule has 1 aromatic heterocycles. The first-order valence-corrected chi connectivity index (χ1v) is 11.2. The second-order valence-electron chi connectivity index (χ2n) is 7.97. The summed E-state index contributed by atoms with van der Waals surface area (Å²) in [6.07, 6.45) is 1.06. The van der Waals surface area contributed by atoms with Crippen LogP contribution >= 0.6 is 11.6 Å². The molecule has 2 atom stereocenters. The van der Waals surface area contributed by atoms with E-state index in [2.05, 4.69) is 9.88 Å². The molecule has 0 radical (unpaired) electrons. The first-order chi connectivity index (χ1) is 15.5. The predicted octanol–water partition coefficient (Wildman–Crippen LogP) is 1.92. The molecule has 2 fully saturated rings. The molecule has 2 aliphatic heterocycles. The topological polar surface area (TPSA) is 86.2 Å². The Morgan fingerprint density at radius 1 is 1.12 bits per heavy atom. The molecule has 2 saturated heterocycles. The van der Waals surface area contributed by atoms with Crippen LogP contribution in [-0.4, -0.2) is 89.8 Å². The molecule has 0 saturated carbocycles. The third-order valence-corrected chi connectivity index (χ3v) is 6.25. The summed E-state index contributed by atoms with van der Waals surface area (Å²) in [5.74, 6) is 0.106. The summed E-state index contributed by atoms with van der Waals surface area (Å²) in [6.45, 7) is 5.50. The molecule has 0 aliphatic carbocycles. The van der Waals surface area contributed by atoms with Gasteiger partial charge in [-0.2, -0.15) is 0 Å². The van der Waals surface area contributed by atoms with Crippen molar-refractivity contribution in [2.45, 2.75) is 19.1 Å². The van der Waals surface area contributed by atoms with Crippen molar-refractivity contribution in [2.75, 3.05) is 50.8 Å². The highest BCUT2D eigenvalue weighted by molar-refractivity contribution is 6.30. The molecule has 2 unspecified atom stereocenters. The zero-order chi connectivity index (χ0) is 22.7. The lowest BCUT2D eigenvalue weighted by Gasteiger charge is -2.38. The lowest BCUT2D eigenvalue weighted by atomic mass is 10.1. The number of benzene rings is 1. The van der Waals surface area contributed by atoms with Gasteiger partial charge in [-0.25, -0.2) is 9.78 Å². The number of aliphatic hydroxyl groups excluding tert-OH is 1. The van der Waals surface area contributed by atoms with E-state index >= 15 is 0 Å². The number of nitrogens with zero attached hydrogens (tertiary/aromatic N) is 4. The maximum atomic E-state index is 12.7. The summed E-state index contributed by atoms with van der Waals surface area (Å²) in [6, 6.07) is 10.2. The molecule has 1 amide bonds. The fourth-order valence-corrected chi connectivity index (χ4v) is 4.48. The number of carbonyl (C=O) groups excluding carboxylic acids is 2. The Labute approximate surface area is 192 Å². The van der Waals surface area contributed by atoms with Crippen molar-refractivity contribution < 1.29 is 19.4 Å². The monoisotopic (exact) mass is 458 g/mol. The van der Waals surface area contributed by atoms with Gasteiger partial charge in [-0.3, -0.25) is 9.69 Å². The minimum atomic E-state index is -0.578. The lowest BCUT2D eigenvalue weighted by molar-refractivity contribution is 0.0376. The molecule has 0 bridgehead atoms. The number of rotatable bonds is 5. The Morgan fingerprint density at radius 3 is 2.53 bits per heavy atom. The van der Waals surface area contributed by atoms with Crippen LogP contribution in [0, 0.1) is 0 Å². The van der Waals surface area contributed by atoms with E-state index in [9.17, 15) is 14.7 Å². The van der Waals surface area contributed by atoms with Gasteiger partial charge < -0.3 is 19.6 Å². The van der Waals surface area contributed by atoms with Crippen molar-refractivity contribution in [2.24, 2.45) is 0 Å². The SMILES string of the molecule is CCOC(=O)c1cccnc1N1CC(O)C(N2CCN(C(=O)c3ccc(Cl)cc3)CC2)C1. The summed E-state index contributed by atoms with van der Waals surface area (Å²) in [5.41, 5.74) is 1.03. The quantitative estimate of drug-likeness (QED) is 0.685. The van der Waals surface area contributed by atoms with Crippen molar-refractivity contribution in [3.8, 4) is 0 Å². The second-order valence-corrected chi connectivity index (χ2v) is 8.41. The highest BCUT2D eigenvalue weighted by atomic mass is 35.5. The number of β-amino-alcohol motifs (C(OH)–C–C–N with tert-alkyl or cyclic N) is 1. The molecule has 0 spiro atoms. The minimum Gasteiger partial charge on any atom is -0.462 e. The molecule has 8 nitrogen and oxygen atoms in total. The summed E-state index contributed by atoms with van der Waals surface area (Å²) in [7, 11) is 0. The van der Waals surface area contributed by atoms with Crippen molar-refractivity contribution in [3.63, 3.8) is 0 Å².